The molecule has 0 bridgehead atoms. The van der Waals surface area contributed by atoms with Gasteiger partial charge in [-0.1, -0.05) is 0 Å². The smallest absolute Gasteiger partial charge is 0.108 e. The van der Waals surface area contributed by atoms with Crippen LogP contribution in [0, 0.1) is 5.92 Å². The number of hydrogen-bond acceptors (Lipinski definition) is 8. The third kappa shape index (κ3) is 4.83. The Morgan fingerprint density at radius 1 is 0.810 bits per heavy atom. The lowest BCUT2D eigenvalue weighted by atomic mass is 9.83. The Hall–Kier alpha value is -0.320. The summed E-state index contributed by atoms with van der Waals surface area (Å²) in [5.74, 6) is -0.284. The zero-order valence-electron chi connectivity index (χ0n) is 12.1. The first kappa shape index (κ1) is 18.7. The van der Waals surface area contributed by atoms with Crippen molar-refractivity contribution in [3.63, 3.8) is 0 Å². The Balaban J connectivity index is 0.000000211. The lowest BCUT2D eigenvalue weighted by Crippen LogP contribution is -2.58. The van der Waals surface area contributed by atoms with E-state index >= 15 is 0 Å². The third-order valence-electron chi connectivity index (χ3n) is 4.20. The summed E-state index contributed by atoms with van der Waals surface area (Å²) in [6, 6.07) is -0.140. The second-order valence-corrected chi connectivity index (χ2v) is 5.81. The summed E-state index contributed by atoms with van der Waals surface area (Å²) in [5, 5.41) is 66.2. The highest BCUT2D eigenvalue weighted by atomic mass is 16.4. The van der Waals surface area contributed by atoms with Crippen LogP contribution in [0.25, 0.3) is 0 Å². The molecule has 2 fully saturated rings. The van der Waals surface area contributed by atoms with Crippen molar-refractivity contribution in [1.29, 1.82) is 0 Å². The molecular formula is C13H27NO7. The number of piperidine rings is 1. The average molecular weight is 309 g/mol. The van der Waals surface area contributed by atoms with E-state index in [1.807, 2.05) is 0 Å². The van der Waals surface area contributed by atoms with Crippen LogP contribution in [0.3, 0.4) is 0 Å². The Morgan fingerprint density at radius 3 is 1.90 bits per heavy atom. The van der Waals surface area contributed by atoms with Crippen LogP contribution in [-0.4, -0.2) is 91.6 Å². The van der Waals surface area contributed by atoms with Crippen LogP contribution in [0.15, 0.2) is 0 Å². The van der Waals surface area contributed by atoms with Gasteiger partial charge in [-0.2, -0.15) is 0 Å². The van der Waals surface area contributed by atoms with Gasteiger partial charge in [-0.05, 0) is 19.8 Å². The van der Waals surface area contributed by atoms with Gasteiger partial charge in [0.2, 0.25) is 0 Å². The van der Waals surface area contributed by atoms with Gasteiger partial charge in [0.25, 0.3) is 0 Å². The molecule has 1 aliphatic heterocycles. The quantitative estimate of drug-likeness (QED) is 0.249. The molecule has 8 nitrogen and oxygen atoms in total. The van der Waals surface area contributed by atoms with E-state index in [1.54, 1.807) is 6.92 Å². The molecular weight excluding hydrogens is 282 g/mol. The predicted molar refractivity (Wildman–Crippen MR) is 73.3 cm³/mol. The molecule has 0 radical (unpaired) electrons. The van der Waals surface area contributed by atoms with Crippen molar-refractivity contribution in [2.24, 2.45) is 5.92 Å². The minimum atomic E-state index is -1.10. The molecule has 5 unspecified atom stereocenters. The van der Waals surface area contributed by atoms with Crippen LogP contribution >= 0.6 is 0 Å². The monoisotopic (exact) mass is 309 g/mol. The van der Waals surface area contributed by atoms with Crippen molar-refractivity contribution in [1.82, 2.24) is 5.32 Å². The van der Waals surface area contributed by atoms with E-state index in [9.17, 15) is 5.11 Å². The number of nitrogens with one attached hydrogen (secondary N) is 1. The predicted octanol–water partition coefficient (Wildman–Crippen LogP) is -3.47. The van der Waals surface area contributed by atoms with Crippen molar-refractivity contribution in [3.05, 3.63) is 0 Å². The molecule has 2 aliphatic rings. The SMILES string of the molecule is C[C@H]1NCC(O)C(O)C1O.OCC1CCC(O)[C@H](O)[C@@H]1O. The fourth-order valence-electron chi connectivity index (χ4n) is 2.50. The summed E-state index contributed by atoms with van der Waals surface area (Å²) >= 11 is 0. The first-order chi connectivity index (χ1) is 9.79. The Bertz CT molecular complexity index is 290. The lowest BCUT2D eigenvalue weighted by molar-refractivity contribution is -0.118. The van der Waals surface area contributed by atoms with E-state index in [2.05, 4.69) is 5.32 Å². The van der Waals surface area contributed by atoms with Gasteiger partial charge in [0, 0.05) is 25.1 Å². The number of β-amino-alcohol motifs (C(OH)–C–C–N with tert-alkyl or cyclic N) is 1. The maximum atomic E-state index is 9.24. The second kappa shape index (κ2) is 8.35. The van der Waals surface area contributed by atoms with Gasteiger partial charge in [0.1, 0.15) is 12.2 Å². The van der Waals surface area contributed by atoms with Gasteiger partial charge < -0.3 is 41.1 Å². The normalized spacial score (nSPS) is 47.4. The molecule has 0 aromatic rings. The standard InChI is InChI=1S/C7H14O4.C6H13NO3/c8-3-4-1-2-5(9)7(11)6(4)10;1-3-5(9)6(10)4(8)2-7-3/h4-11H,1-3H2;3-10H,2H2,1H3/t4?,5?,6-,7+;3-,4?,5?,6?/m11/s1. The molecule has 1 saturated carbocycles. The maximum Gasteiger partial charge on any atom is 0.108 e. The molecule has 1 saturated heterocycles. The number of aliphatic hydroxyl groups excluding tert-OH is 7. The summed E-state index contributed by atoms with van der Waals surface area (Å²) in [6.07, 6.45) is -4.61. The van der Waals surface area contributed by atoms with Crippen LogP contribution in [-0.2, 0) is 0 Å². The summed E-state index contributed by atoms with van der Waals surface area (Å²) in [5.41, 5.74) is 0. The largest absolute Gasteiger partial charge is 0.396 e. The van der Waals surface area contributed by atoms with Crippen molar-refractivity contribution in [2.75, 3.05) is 13.2 Å². The van der Waals surface area contributed by atoms with Crippen molar-refractivity contribution >= 4 is 0 Å². The molecule has 21 heavy (non-hydrogen) atoms. The molecule has 2 rings (SSSR count). The minimum Gasteiger partial charge on any atom is -0.396 e. The molecule has 0 aromatic heterocycles. The molecule has 8 N–H and O–H groups in total. The van der Waals surface area contributed by atoms with Crippen molar-refractivity contribution in [2.45, 2.75) is 62.4 Å². The highest BCUT2D eigenvalue weighted by molar-refractivity contribution is 4.89. The fourth-order valence-corrected chi connectivity index (χ4v) is 2.50. The van der Waals surface area contributed by atoms with Crippen LogP contribution in [0.1, 0.15) is 19.8 Å². The lowest BCUT2D eigenvalue weighted by Gasteiger charge is -2.33. The number of rotatable bonds is 1. The first-order valence-electron chi connectivity index (χ1n) is 7.22. The summed E-state index contributed by atoms with van der Waals surface area (Å²) in [7, 11) is 0. The molecule has 1 aliphatic carbocycles. The van der Waals surface area contributed by atoms with Crippen molar-refractivity contribution < 1.29 is 35.7 Å². The Labute approximate surface area is 123 Å². The zero-order valence-corrected chi connectivity index (χ0v) is 12.1. The van der Waals surface area contributed by atoms with Gasteiger partial charge >= 0.3 is 0 Å². The van der Waals surface area contributed by atoms with Crippen LogP contribution in [0.4, 0.5) is 0 Å². The van der Waals surface area contributed by atoms with Crippen LogP contribution < -0.4 is 5.32 Å². The van der Waals surface area contributed by atoms with E-state index in [0.29, 0.717) is 19.4 Å². The highest BCUT2D eigenvalue weighted by Gasteiger charge is 2.35. The fraction of sp³-hybridized carbons (Fsp3) is 1.00. The molecule has 126 valence electrons. The van der Waals surface area contributed by atoms with Gasteiger partial charge in [-0.3, -0.25) is 0 Å². The topological polar surface area (TPSA) is 154 Å². The highest BCUT2D eigenvalue weighted by Crippen LogP contribution is 2.24. The van der Waals surface area contributed by atoms with E-state index in [4.69, 9.17) is 30.6 Å². The number of hydrogen-bond donors (Lipinski definition) is 8. The maximum absolute atomic E-state index is 9.24. The van der Waals surface area contributed by atoms with E-state index in [1.165, 1.54) is 0 Å². The molecule has 1 heterocycles. The van der Waals surface area contributed by atoms with Crippen LogP contribution in [0.2, 0.25) is 0 Å². The zero-order chi connectivity index (χ0) is 16.2. The van der Waals surface area contributed by atoms with E-state index < -0.39 is 36.6 Å². The first-order valence-corrected chi connectivity index (χ1v) is 7.22. The van der Waals surface area contributed by atoms with Crippen LogP contribution in [0.5, 0.6) is 0 Å². The second-order valence-electron chi connectivity index (χ2n) is 5.81. The Morgan fingerprint density at radius 2 is 1.38 bits per heavy atom. The summed E-state index contributed by atoms with van der Waals surface area (Å²) < 4.78 is 0. The van der Waals surface area contributed by atoms with Gasteiger partial charge in [-0.25, -0.2) is 0 Å². The third-order valence-corrected chi connectivity index (χ3v) is 4.20. The average Bonchev–Trinajstić information content (AvgIpc) is 2.48. The molecule has 0 spiro atoms. The molecule has 8 atom stereocenters. The summed E-state index contributed by atoms with van der Waals surface area (Å²) in [6.45, 7) is 1.98. The number of aliphatic hydroxyl groups is 7. The molecule has 0 amide bonds. The van der Waals surface area contributed by atoms with Gasteiger partial charge in [0.15, 0.2) is 0 Å². The molecule has 0 aromatic carbocycles. The summed E-state index contributed by atoms with van der Waals surface area (Å²) in [4.78, 5) is 0. The van der Waals surface area contributed by atoms with Gasteiger partial charge in [0.05, 0.1) is 24.4 Å². The Kier molecular flexibility index (Phi) is 7.45. The minimum absolute atomic E-state index is 0.134. The van der Waals surface area contributed by atoms with E-state index in [-0.39, 0.29) is 18.6 Å². The van der Waals surface area contributed by atoms with Gasteiger partial charge in [-0.15, -0.1) is 0 Å². The molecule has 8 heteroatoms. The van der Waals surface area contributed by atoms with Crippen molar-refractivity contribution in [3.8, 4) is 0 Å². The van der Waals surface area contributed by atoms with E-state index in [0.717, 1.165) is 0 Å².